The molecule has 2 aromatic heterocycles. The zero-order valence-electron chi connectivity index (χ0n) is 14.9. The molecule has 1 aromatic carbocycles. The number of aromatic nitrogens is 2. The van der Waals surface area contributed by atoms with Gasteiger partial charge in [-0.2, -0.15) is 0 Å². The Morgan fingerprint density at radius 2 is 1.77 bits per heavy atom. The molecule has 0 radical (unpaired) electrons. The van der Waals surface area contributed by atoms with E-state index in [0.717, 1.165) is 34.5 Å². The second kappa shape index (κ2) is 6.76. The first-order valence-electron chi connectivity index (χ1n) is 8.78. The van der Waals surface area contributed by atoms with Gasteiger partial charge in [0, 0.05) is 38.1 Å². The van der Waals surface area contributed by atoms with E-state index in [4.69, 9.17) is 0 Å². The van der Waals surface area contributed by atoms with Crippen LogP contribution in [0.1, 0.15) is 21.7 Å². The molecule has 134 valence electrons. The molecule has 0 aliphatic carbocycles. The van der Waals surface area contributed by atoms with E-state index in [2.05, 4.69) is 50.1 Å². The molecule has 1 aliphatic rings. The lowest BCUT2D eigenvalue weighted by atomic mass is 10.2. The standard InChI is InChI=1S/C20H21BrN4O/c1-14-12-17(21)19-22-15(2)18(25(19)13-14)20(26)24-10-8-23(9-11-24)16-6-4-3-5-7-16/h3-7,12-13H,8-11H2,1-2H3. The van der Waals surface area contributed by atoms with Crippen molar-refractivity contribution in [2.24, 2.45) is 0 Å². The fourth-order valence-electron chi connectivity index (χ4n) is 3.56. The second-order valence-corrected chi connectivity index (χ2v) is 7.57. The number of amides is 1. The third-order valence-corrected chi connectivity index (χ3v) is 5.46. The number of pyridine rings is 1. The summed E-state index contributed by atoms with van der Waals surface area (Å²) in [4.78, 5) is 22.0. The smallest absolute Gasteiger partial charge is 0.272 e. The van der Waals surface area contributed by atoms with E-state index >= 15 is 0 Å². The summed E-state index contributed by atoms with van der Waals surface area (Å²) >= 11 is 3.56. The Hall–Kier alpha value is -2.34. The number of halogens is 1. The van der Waals surface area contributed by atoms with Crippen LogP contribution >= 0.6 is 15.9 Å². The maximum Gasteiger partial charge on any atom is 0.272 e. The third kappa shape index (κ3) is 2.98. The highest BCUT2D eigenvalue weighted by Gasteiger charge is 2.26. The largest absolute Gasteiger partial charge is 0.368 e. The van der Waals surface area contributed by atoms with Crippen molar-refractivity contribution in [1.29, 1.82) is 0 Å². The molecule has 1 saturated heterocycles. The van der Waals surface area contributed by atoms with E-state index in [9.17, 15) is 4.79 Å². The van der Waals surface area contributed by atoms with Gasteiger partial charge in [-0.3, -0.25) is 9.20 Å². The molecule has 0 bridgehead atoms. The van der Waals surface area contributed by atoms with Crippen LogP contribution in [-0.4, -0.2) is 46.4 Å². The number of para-hydroxylation sites is 1. The number of rotatable bonds is 2. The monoisotopic (exact) mass is 412 g/mol. The zero-order chi connectivity index (χ0) is 18.3. The highest BCUT2D eigenvalue weighted by Crippen LogP contribution is 2.24. The molecule has 0 spiro atoms. The van der Waals surface area contributed by atoms with Crippen molar-refractivity contribution >= 4 is 33.2 Å². The molecule has 3 aromatic rings. The Morgan fingerprint density at radius 3 is 2.46 bits per heavy atom. The average Bonchev–Trinajstić information content (AvgIpc) is 2.98. The number of carbonyl (C=O) groups excluding carboxylic acids is 1. The minimum Gasteiger partial charge on any atom is -0.368 e. The third-order valence-electron chi connectivity index (χ3n) is 4.88. The van der Waals surface area contributed by atoms with Gasteiger partial charge >= 0.3 is 0 Å². The lowest BCUT2D eigenvalue weighted by molar-refractivity contribution is 0.0739. The van der Waals surface area contributed by atoms with Gasteiger partial charge in [-0.05, 0) is 53.5 Å². The maximum absolute atomic E-state index is 13.2. The Kier molecular flexibility index (Phi) is 4.44. The van der Waals surface area contributed by atoms with E-state index in [1.807, 2.05) is 41.5 Å². The van der Waals surface area contributed by atoms with E-state index < -0.39 is 0 Å². The van der Waals surface area contributed by atoms with Crippen molar-refractivity contribution in [3.8, 4) is 0 Å². The van der Waals surface area contributed by atoms with Gasteiger partial charge in [0.2, 0.25) is 0 Å². The van der Waals surface area contributed by atoms with E-state index in [1.165, 1.54) is 5.69 Å². The number of carbonyl (C=O) groups is 1. The molecule has 1 aliphatic heterocycles. The van der Waals surface area contributed by atoms with Gasteiger partial charge in [0.05, 0.1) is 10.2 Å². The summed E-state index contributed by atoms with van der Waals surface area (Å²) in [6, 6.07) is 12.4. The molecule has 0 unspecified atom stereocenters. The number of nitrogens with zero attached hydrogens (tertiary/aromatic N) is 4. The number of piperazine rings is 1. The van der Waals surface area contributed by atoms with Crippen molar-refractivity contribution in [1.82, 2.24) is 14.3 Å². The zero-order valence-corrected chi connectivity index (χ0v) is 16.5. The Balaban J connectivity index is 1.58. The molecule has 4 rings (SSSR count). The van der Waals surface area contributed by atoms with Gasteiger partial charge in [0.25, 0.3) is 5.91 Å². The summed E-state index contributed by atoms with van der Waals surface area (Å²) in [5.41, 5.74) is 4.53. The van der Waals surface area contributed by atoms with E-state index in [-0.39, 0.29) is 5.91 Å². The lowest BCUT2D eigenvalue weighted by Gasteiger charge is -2.36. The van der Waals surface area contributed by atoms with Crippen molar-refractivity contribution in [2.75, 3.05) is 31.1 Å². The van der Waals surface area contributed by atoms with Gasteiger partial charge in [0.15, 0.2) is 5.65 Å². The number of imidazole rings is 1. The van der Waals surface area contributed by atoms with Crippen LogP contribution in [0, 0.1) is 13.8 Å². The van der Waals surface area contributed by atoms with Crippen LogP contribution in [0.15, 0.2) is 47.1 Å². The number of hydrogen-bond donors (Lipinski definition) is 0. The highest BCUT2D eigenvalue weighted by molar-refractivity contribution is 9.10. The summed E-state index contributed by atoms with van der Waals surface area (Å²) in [7, 11) is 0. The predicted octanol–water partition coefficient (Wildman–Crippen LogP) is 3.68. The summed E-state index contributed by atoms with van der Waals surface area (Å²) in [6.45, 7) is 7.04. The SMILES string of the molecule is Cc1cc(Br)c2nc(C)c(C(=O)N3CCN(c4ccccc4)CC3)n2c1. The Bertz CT molecular complexity index is 959. The fourth-order valence-corrected chi connectivity index (χ4v) is 4.20. The first-order valence-corrected chi connectivity index (χ1v) is 9.58. The van der Waals surface area contributed by atoms with Crippen molar-refractivity contribution < 1.29 is 4.79 Å². The molecule has 1 amide bonds. The number of aryl methyl sites for hydroxylation is 2. The van der Waals surface area contributed by atoms with Crippen LogP contribution in [0.3, 0.4) is 0 Å². The van der Waals surface area contributed by atoms with Crippen LogP contribution in [-0.2, 0) is 0 Å². The summed E-state index contributed by atoms with van der Waals surface area (Å²) in [5, 5.41) is 0. The van der Waals surface area contributed by atoms with Gasteiger partial charge < -0.3 is 9.80 Å². The van der Waals surface area contributed by atoms with E-state index in [1.54, 1.807) is 0 Å². The van der Waals surface area contributed by atoms with Crippen LogP contribution in [0.5, 0.6) is 0 Å². The molecule has 0 saturated carbocycles. The van der Waals surface area contributed by atoms with Crippen molar-refractivity contribution in [2.45, 2.75) is 13.8 Å². The first kappa shape index (κ1) is 17.1. The minimum atomic E-state index is 0.0558. The molecule has 0 N–H and O–H groups in total. The van der Waals surface area contributed by atoms with Gasteiger partial charge in [-0.15, -0.1) is 0 Å². The molecular formula is C20H21BrN4O. The van der Waals surface area contributed by atoms with Crippen LogP contribution in [0.25, 0.3) is 5.65 Å². The molecule has 3 heterocycles. The predicted molar refractivity (Wildman–Crippen MR) is 107 cm³/mol. The number of fused-ring (bicyclic) bond motifs is 1. The maximum atomic E-state index is 13.2. The topological polar surface area (TPSA) is 40.9 Å². The normalized spacial score (nSPS) is 14.9. The van der Waals surface area contributed by atoms with E-state index in [0.29, 0.717) is 18.8 Å². The Morgan fingerprint density at radius 1 is 1.08 bits per heavy atom. The molecule has 26 heavy (non-hydrogen) atoms. The molecule has 6 heteroatoms. The number of hydrogen-bond acceptors (Lipinski definition) is 3. The molecule has 5 nitrogen and oxygen atoms in total. The van der Waals surface area contributed by atoms with Crippen LogP contribution in [0.2, 0.25) is 0 Å². The second-order valence-electron chi connectivity index (χ2n) is 6.72. The van der Waals surface area contributed by atoms with Gasteiger partial charge in [-0.25, -0.2) is 4.98 Å². The van der Waals surface area contributed by atoms with Gasteiger partial charge in [-0.1, -0.05) is 18.2 Å². The molecule has 0 atom stereocenters. The average molecular weight is 413 g/mol. The number of benzene rings is 1. The molecular weight excluding hydrogens is 392 g/mol. The number of anilines is 1. The molecule has 1 fully saturated rings. The summed E-state index contributed by atoms with van der Waals surface area (Å²) in [5.74, 6) is 0.0558. The van der Waals surface area contributed by atoms with Crippen LogP contribution in [0.4, 0.5) is 5.69 Å². The van der Waals surface area contributed by atoms with Crippen molar-refractivity contribution in [3.05, 3.63) is 64.0 Å². The lowest BCUT2D eigenvalue weighted by Crippen LogP contribution is -2.49. The first-order chi connectivity index (χ1) is 12.5. The fraction of sp³-hybridized carbons (Fsp3) is 0.300. The minimum absolute atomic E-state index is 0.0558. The van der Waals surface area contributed by atoms with Crippen LogP contribution < -0.4 is 4.90 Å². The van der Waals surface area contributed by atoms with Gasteiger partial charge in [0.1, 0.15) is 5.69 Å². The summed E-state index contributed by atoms with van der Waals surface area (Å²) in [6.07, 6.45) is 1.98. The highest BCUT2D eigenvalue weighted by atomic mass is 79.9. The quantitative estimate of drug-likeness (QED) is 0.644. The Labute approximate surface area is 161 Å². The summed E-state index contributed by atoms with van der Waals surface area (Å²) < 4.78 is 2.83. The van der Waals surface area contributed by atoms with Crippen molar-refractivity contribution in [3.63, 3.8) is 0 Å².